The van der Waals surface area contributed by atoms with Crippen LogP contribution in [0.3, 0.4) is 0 Å². The minimum atomic E-state index is -4.17. The Morgan fingerprint density at radius 1 is 1.08 bits per heavy atom. The number of benzene rings is 1. The van der Waals surface area contributed by atoms with Gasteiger partial charge in [0.25, 0.3) is 15.9 Å². The lowest BCUT2D eigenvalue weighted by Gasteiger charge is -2.21. The third-order valence-electron chi connectivity index (χ3n) is 6.85. The highest BCUT2D eigenvalue weighted by molar-refractivity contribution is 7.90. The summed E-state index contributed by atoms with van der Waals surface area (Å²) in [5.41, 5.74) is 2.20. The fourth-order valence-corrected chi connectivity index (χ4v) is 5.81. The van der Waals surface area contributed by atoms with Crippen molar-refractivity contribution in [2.24, 2.45) is 11.8 Å². The first-order valence-electron chi connectivity index (χ1n) is 13.5. The zero-order chi connectivity index (χ0) is 28.0. The van der Waals surface area contributed by atoms with Crippen molar-refractivity contribution < 1.29 is 22.3 Å². The molecule has 0 unspecified atom stereocenters. The Labute approximate surface area is 230 Å². The first kappa shape index (κ1) is 28.7. The highest BCUT2D eigenvalue weighted by Crippen LogP contribution is 2.30. The number of hydrogen-bond donors (Lipinski definition) is 1. The maximum Gasteiger partial charge on any atom is 0.281 e. The molecule has 7 nitrogen and oxygen atoms in total. The smallest absolute Gasteiger partial charge is 0.281 e. The molecule has 0 radical (unpaired) electrons. The monoisotopic (exact) mass is 553 g/mol. The summed E-state index contributed by atoms with van der Waals surface area (Å²) in [6.07, 6.45) is 7.24. The lowest BCUT2D eigenvalue weighted by atomic mass is 9.85. The van der Waals surface area contributed by atoms with Crippen molar-refractivity contribution in [1.29, 1.82) is 0 Å². The second kappa shape index (κ2) is 12.7. The Bertz CT molecular complexity index is 1420. The van der Waals surface area contributed by atoms with Gasteiger partial charge in [-0.3, -0.25) is 9.78 Å². The second-order valence-electron chi connectivity index (χ2n) is 10.7. The maximum absolute atomic E-state index is 14.5. The van der Waals surface area contributed by atoms with E-state index >= 15 is 0 Å². The standard InChI is InChI=1S/C30H36FN3O4S/c1-20(2)19-38-25-17-23(16-24(31)18-25)27-15-13-26(28(33-27)14-12-22-9-5-4-6-10-22)30(35)34-39(36,37)29-11-7-8-21(3)32-29/h7-8,11,13,15-18,20,22H,4-6,9-10,12,14,19H2,1-3H3,(H,34,35). The zero-order valence-corrected chi connectivity index (χ0v) is 23.6. The van der Waals surface area contributed by atoms with Gasteiger partial charge >= 0.3 is 0 Å². The quantitative estimate of drug-likeness (QED) is 0.318. The largest absolute Gasteiger partial charge is 0.493 e. The minimum Gasteiger partial charge on any atom is -0.493 e. The van der Waals surface area contributed by atoms with E-state index in [9.17, 15) is 17.6 Å². The van der Waals surface area contributed by atoms with E-state index in [1.54, 1.807) is 37.3 Å². The molecule has 0 bridgehead atoms. The van der Waals surface area contributed by atoms with E-state index < -0.39 is 21.7 Å². The lowest BCUT2D eigenvalue weighted by Crippen LogP contribution is -2.32. The summed E-state index contributed by atoms with van der Waals surface area (Å²) in [4.78, 5) is 22.0. The third kappa shape index (κ3) is 7.85. The highest BCUT2D eigenvalue weighted by atomic mass is 32.2. The molecule has 1 N–H and O–H groups in total. The number of carbonyl (C=O) groups is 1. The molecule has 2 heterocycles. The molecule has 2 aromatic heterocycles. The molecule has 0 aliphatic heterocycles. The molecule has 0 saturated heterocycles. The van der Waals surface area contributed by atoms with Crippen LogP contribution >= 0.6 is 0 Å². The summed E-state index contributed by atoms with van der Waals surface area (Å²) >= 11 is 0. The molecule has 1 aliphatic rings. The fourth-order valence-electron chi connectivity index (χ4n) is 4.83. The van der Waals surface area contributed by atoms with Crippen LogP contribution in [0.5, 0.6) is 5.75 Å². The number of hydrogen-bond acceptors (Lipinski definition) is 6. The van der Waals surface area contributed by atoms with Gasteiger partial charge in [0.05, 0.1) is 23.6 Å². The number of nitrogens with zero attached hydrogens (tertiary/aromatic N) is 2. The summed E-state index contributed by atoms with van der Waals surface area (Å²) < 4.78 is 48.1. The predicted molar refractivity (Wildman–Crippen MR) is 148 cm³/mol. The van der Waals surface area contributed by atoms with Crippen LogP contribution in [0, 0.1) is 24.6 Å². The van der Waals surface area contributed by atoms with Crippen LogP contribution in [-0.4, -0.2) is 30.9 Å². The van der Waals surface area contributed by atoms with Crippen LogP contribution in [0.1, 0.15) is 74.1 Å². The van der Waals surface area contributed by atoms with Crippen LogP contribution in [-0.2, 0) is 16.4 Å². The number of pyridine rings is 2. The Morgan fingerprint density at radius 2 is 1.85 bits per heavy atom. The van der Waals surface area contributed by atoms with Gasteiger partial charge in [-0.25, -0.2) is 14.1 Å². The molecule has 9 heteroatoms. The van der Waals surface area contributed by atoms with Gasteiger partial charge in [0.2, 0.25) is 0 Å². The molecule has 1 saturated carbocycles. The number of sulfonamides is 1. The zero-order valence-electron chi connectivity index (χ0n) is 22.7. The first-order valence-corrected chi connectivity index (χ1v) is 15.0. The molecular formula is C30H36FN3O4S. The predicted octanol–water partition coefficient (Wildman–Crippen LogP) is 6.26. The third-order valence-corrected chi connectivity index (χ3v) is 8.08. The highest BCUT2D eigenvalue weighted by Gasteiger charge is 2.24. The number of rotatable bonds is 10. The summed E-state index contributed by atoms with van der Waals surface area (Å²) in [5.74, 6) is 0.00487. The summed E-state index contributed by atoms with van der Waals surface area (Å²) in [6.45, 7) is 6.16. The number of aryl methyl sites for hydroxylation is 2. The SMILES string of the molecule is Cc1cccc(S(=O)(=O)NC(=O)c2ccc(-c3cc(F)cc(OCC(C)C)c3)nc2CCC2CCCCC2)n1. The van der Waals surface area contributed by atoms with E-state index in [4.69, 9.17) is 9.72 Å². The Balaban J connectivity index is 1.65. The minimum absolute atomic E-state index is 0.179. The van der Waals surface area contributed by atoms with Crippen LogP contribution in [0.15, 0.2) is 53.6 Å². The van der Waals surface area contributed by atoms with Gasteiger partial charge in [0.15, 0.2) is 5.03 Å². The number of ether oxygens (including phenoxy) is 1. The van der Waals surface area contributed by atoms with Gasteiger partial charge in [0, 0.05) is 17.3 Å². The van der Waals surface area contributed by atoms with Gasteiger partial charge in [0.1, 0.15) is 11.6 Å². The fraction of sp³-hybridized carbons (Fsp3) is 0.433. The molecule has 1 fully saturated rings. The Kier molecular flexibility index (Phi) is 9.32. The van der Waals surface area contributed by atoms with E-state index in [0.717, 1.165) is 19.3 Å². The van der Waals surface area contributed by atoms with Crippen molar-refractivity contribution in [2.75, 3.05) is 6.61 Å². The van der Waals surface area contributed by atoms with Crippen LogP contribution in [0.25, 0.3) is 11.3 Å². The number of amides is 1. The molecule has 1 aliphatic carbocycles. The lowest BCUT2D eigenvalue weighted by molar-refractivity contribution is 0.0979. The van der Waals surface area contributed by atoms with Gasteiger partial charge in [-0.1, -0.05) is 52.0 Å². The molecule has 1 amide bonds. The van der Waals surface area contributed by atoms with Crippen molar-refractivity contribution in [2.45, 2.75) is 70.7 Å². The molecule has 4 rings (SSSR count). The topological polar surface area (TPSA) is 98.2 Å². The van der Waals surface area contributed by atoms with Crippen molar-refractivity contribution in [3.63, 3.8) is 0 Å². The van der Waals surface area contributed by atoms with Crippen molar-refractivity contribution >= 4 is 15.9 Å². The van der Waals surface area contributed by atoms with E-state index in [1.807, 2.05) is 13.8 Å². The number of aromatic nitrogens is 2. The van der Waals surface area contributed by atoms with E-state index in [1.165, 1.54) is 37.5 Å². The van der Waals surface area contributed by atoms with E-state index in [0.29, 0.717) is 47.3 Å². The average Bonchev–Trinajstić information content (AvgIpc) is 2.90. The average molecular weight is 554 g/mol. The summed E-state index contributed by atoms with van der Waals surface area (Å²) in [5, 5.41) is -0.224. The molecule has 3 aromatic rings. The van der Waals surface area contributed by atoms with Crippen LogP contribution in [0.4, 0.5) is 4.39 Å². The molecule has 0 atom stereocenters. The summed E-state index contributed by atoms with van der Waals surface area (Å²) in [7, 11) is -4.17. The summed E-state index contributed by atoms with van der Waals surface area (Å²) in [6, 6.07) is 12.2. The van der Waals surface area contributed by atoms with Gasteiger partial charge < -0.3 is 4.74 Å². The normalized spacial score (nSPS) is 14.4. The van der Waals surface area contributed by atoms with Crippen molar-refractivity contribution in [3.05, 3.63) is 71.3 Å². The molecular weight excluding hydrogens is 517 g/mol. The van der Waals surface area contributed by atoms with Crippen LogP contribution in [0.2, 0.25) is 0 Å². The van der Waals surface area contributed by atoms with Gasteiger partial charge in [-0.05, 0) is 68.0 Å². The second-order valence-corrected chi connectivity index (χ2v) is 12.3. The van der Waals surface area contributed by atoms with Gasteiger partial charge in [-0.2, -0.15) is 8.42 Å². The maximum atomic E-state index is 14.5. The Hall–Kier alpha value is -3.33. The molecule has 1 aromatic carbocycles. The van der Waals surface area contributed by atoms with E-state index in [-0.39, 0.29) is 16.5 Å². The van der Waals surface area contributed by atoms with Crippen molar-refractivity contribution in [3.8, 4) is 17.0 Å². The molecule has 0 spiro atoms. The number of nitrogens with one attached hydrogen (secondary N) is 1. The number of halogens is 1. The molecule has 39 heavy (non-hydrogen) atoms. The Morgan fingerprint density at radius 3 is 2.56 bits per heavy atom. The number of carbonyl (C=O) groups excluding carboxylic acids is 1. The first-order chi connectivity index (χ1) is 18.6. The van der Waals surface area contributed by atoms with Gasteiger partial charge in [-0.15, -0.1) is 0 Å². The van der Waals surface area contributed by atoms with Crippen LogP contribution < -0.4 is 9.46 Å². The van der Waals surface area contributed by atoms with Crippen molar-refractivity contribution in [1.82, 2.24) is 14.7 Å². The van der Waals surface area contributed by atoms with E-state index in [2.05, 4.69) is 9.71 Å². The molecule has 208 valence electrons.